The van der Waals surface area contributed by atoms with Crippen LogP contribution in [0.15, 0.2) is 24.3 Å². The number of amides is 2. The smallest absolute Gasteiger partial charge is 0.313 e. The molecular formula is C41H65N3O11. The molecule has 1 N–H and O–H groups in total. The first-order valence-corrected chi connectivity index (χ1v) is 18.6. The Kier molecular flexibility index (Phi) is 14.8. The zero-order valence-corrected chi connectivity index (χ0v) is 35.9. The third-order valence-corrected chi connectivity index (χ3v) is 8.40. The second kappa shape index (κ2) is 17.3. The molecule has 1 aromatic rings. The Morgan fingerprint density at radius 2 is 1.13 bits per heavy atom. The number of esters is 4. The van der Waals surface area contributed by atoms with Gasteiger partial charge in [0.25, 0.3) is 0 Å². The summed E-state index contributed by atoms with van der Waals surface area (Å²) in [6, 6.07) is 5.51. The summed E-state index contributed by atoms with van der Waals surface area (Å²) >= 11 is 0. The molecule has 2 rings (SSSR count). The van der Waals surface area contributed by atoms with Crippen molar-refractivity contribution in [3.8, 4) is 0 Å². The Morgan fingerprint density at radius 3 is 1.53 bits per heavy atom. The first-order chi connectivity index (χ1) is 24.8. The summed E-state index contributed by atoms with van der Waals surface area (Å²) in [5.74, 6) is -4.71. The molecule has 6 unspecified atom stereocenters. The zero-order chi connectivity index (χ0) is 42.6. The zero-order valence-electron chi connectivity index (χ0n) is 35.9. The van der Waals surface area contributed by atoms with E-state index in [0.717, 1.165) is 10.6 Å². The molecule has 1 fully saturated rings. The van der Waals surface area contributed by atoms with Crippen LogP contribution in [0, 0.1) is 27.6 Å². The number of benzene rings is 1. The molecule has 310 valence electrons. The molecule has 55 heavy (non-hydrogen) atoms. The van der Waals surface area contributed by atoms with E-state index in [0.29, 0.717) is 12.0 Å². The lowest BCUT2D eigenvalue weighted by Gasteiger charge is -2.49. The van der Waals surface area contributed by atoms with Gasteiger partial charge in [-0.2, -0.15) is 0 Å². The molecule has 6 atom stereocenters. The van der Waals surface area contributed by atoms with Crippen LogP contribution < -0.4 is 10.2 Å². The van der Waals surface area contributed by atoms with Crippen molar-refractivity contribution in [3.63, 3.8) is 0 Å². The molecular weight excluding hydrogens is 710 g/mol. The summed E-state index contributed by atoms with van der Waals surface area (Å²) in [6.07, 6.45) is -6.13. The molecule has 14 nitrogen and oxygen atoms in total. The average Bonchev–Trinajstić information content (AvgIpc) is 3.01. The summed E-state index contributed by atoms with van der Waals surface area (Å²) in [6.45, 7) is 24.4. The highest BCUT2D eigenvalue weighted by molar-refractivity contribution is 5.86. The first-order valence-electron chi connectivity index (χ1n) is 18.6. The molecule has 2 amide bonds. The van der Waals surface area contributed by atoms with E-state index < -0.39 is 100 Å². The second-order valence-electron chi connectivity index (χ2n) is 19.5. The van der Waals surface area contributed by atoms with Gasteiger partial charge in [-0.05, 0) is 122 Å². The number of nitrogens with zero attached hydrogens (tertiary/aromatic N) is 2. The van der Waals surface area contributed by atoms with Crippen molar-refractivity contribution in [1.82, 2.24) is 10.2 Å². The van der Waals surface area contributed by atoms with Gasteiger partial charge in [-0.1, -0.05) is 12.1 Å². The van der Waals surface area contributed by atoms with E-state index in [2.05, 4.69) is 5.32 Å². The number of nitrogens with one attached hydrogen (secondary N) is 1. The van der Waals surface area contributed by atoms with E-state index >= 15 is 0 Å². The number of hydrogen-bond acceptors (Lipinski definition) is 12. The topological polar surface area (TPSA) is 167 Å². The Balaban J connectivity index is 3.03. The van der Waals surface area contributed by atoms with Gasteiger partial charge in [0.2, 0.25) is 18.6 Å². The van der Waals surface area contributed by atoms with Crippen LogP contribution in [0.1, 0.15) is 115 Å². The van der Waals surface area contributed by atoms with E-state index in [4.69, 9.17) is 23.7 Å². The molecule has 1 saturated heterocycles. The maximum Gasteiger partial charge on any atom is 0.313 e. The Labute approximate surface area is 327 Å². The van der Waals surface area contributed by atoms with E-state index in [1.54, 1.807) is 128 Å². The third-order valence-electron chi connectivity index (χ3n) is 8.40. The molecule has 1 aromatic carbocycles. The Hall–Kier alpha value is -4.20. The lowest BCUT2D eigenvalue weighted by molar-refractivity contribution is -0.312. The van der Waals surface area contributed by atoms with Crippen LogP contribution in [0.3, 0.4) is 0 Å². The highest BCUT2D eigenvalue weighted by Crippen LogP contribution is 2.39. The van der Waals surface area contributed by atoms with Gasteiger partial charge in [0.05, 0.1) is 27.6 Å². The molecule has 1 heterocycles. The molecule has 0 bridgehead atoms. The number of carbonyl (C=O) groups is 6. The Bertz CT molecular complexity index is 1540. The maximum atomic E-state index is 14.3. The molecule has 0 aromatic heterocycles. The van der Waals surface area contributed by atoms with Crippen LogP contribution in [0.2, 0.25) is 0 Å². The van der Waals surface area contributed by atoms with E-state index in [1.807, 2.05) is 19.0 Å². The lowest BCUT2D eigenvalue weighted by atomic mass is 9.89. The van der Waals surface area contributed by atoms with E-state index in [9.17, 15) is 28.8 Å². The van der Waals surface area contributed by atoms with Crippen molar-refractivity contribution in [2.24, 2.45) is 27.6 Å². The predicted octanol–water partition coefficient (Wildman–Crippen LogP) is 5.56. The van der Waals surface area contributed by atoms with Crippen molar-refractivity contribution >= 4 is 41.9 Å². The summed E-state index contributed by atoms with van der Waals surface area (Å²) in [7, 11) is 3.71. The molecule has 1 aliphatic heterocycles. The van der Waals surface area contributed by atoms with Gasteiger partial charge in [0.1, 0.15) is 12.6 Å². The van der Waals surface area contributed by atoms with Crippen LogP contribution in [0.4, 0.5) is 5.69 Å². The predicted molar refractivity (Wildman–Crippen MR) is 206 cm³/mol. The SMILES string of the molecule is CN(C)c1ccc(C(C(=O)NC(C)(C)C)N(C=O)C2OC(OC(=O)C(C)(C)C)C(COC(=O)C(C)(C)C)C(OC(=O)C(C)(C)C)C2OC(=O)C(C)(C)C)cc1. The van der Waals surface area contributed by atoms with E-state index in [1.165, 1.54) is 0 Å². The number of rotatable bonds is 11. The summed E-state index contributed by atoms with van der Waals surface area (Å²) in [5.41, 5.74) is -3.78. The summed E-state index contributed by atoms with van der Waals surface area (Å²) in [5, 5.41) is 2.93. The first kappa shape index (κ1) is 47.0. The molecule has 14 heteroatoms. The largest absolute Gasteiger partial charge is 0.465 e. The minimum Gasteiger partial charge on any atom is -0.465 e. The second-order valence-corrected chi connectivity index (χ2v) is 19.5. The minimum absolute atomic E-state index is 0.372. The van der Waals surface area contributed by atoms with Crippen molar-refractivity contribution in [3.05, 3.63) is 29.8 Å². The molecule has 0 spiro atoms. The van der Waals surface area contributed by atoms with Crippen LogP contribution in [0.5, 0.6) is 0 Å². The summed E-state index contributed by atoms with van der Waals surface area (Å²) < 4.78 is 30.5. The average molecular weight is 776 g/mol. The Morgan fingerprint density at radius 1 is 0.691 bits per heavy atom. The normalized spacial score (nSPS) is 21.4. The van der Waals surface area contributed by atoms with Crippen LogP contribution in [-0.4, -0.2) is 92.1 Å². The monoisotopic (exact) mass is 775 g/mol. The quantitative estimate of drug-likeness (QED) is 0.169. The number of anilines is 1. The number of ether oxygens (including phenoxy) is 5. The highest BCUT2D eigenvalue weighted by atomic mass is 16.7. The van der Waals surface area contributed by atoms with Gasteiger partial charge in [0, 0.05) is 25.3 Å². The van der Waals surface area contributed by atoms with Gasteiger partial charge in [0.15, 0.2) is 18.4 Å². The highest BCUT2D eigenvalue weighted by Gasteiger charge is 2.57. The fourth-order valence-corrected chi connectivity index (χ4v) is 5.08. The van der Waals surface area contributed by atoms with E-state index in [-0.39, 0.29) is 0 Å². The van der Waals surface area contributed by atoms with Crippen molar-refractivity contribution in [2.75, 3.05) is 25.6 Å². The van der Waals surface area contributed by atoms with Crippen molar-refractivity contribution in [2.45, 2.75) is 140 Å². The summed E-state index contributed by atoms with van der Waals surface area (Å²) in [4.78, 5) is 85.0. The van der Waals surface area contributed by atoms with Crippen LogP contribution in [0.25, 0.3) is 0 Å². The number of hydrogen-bond donors (Lipinski definition) is 1. The third kappa shape index (κ3) is 12.9. The number of carbonyl (C=O) groups excluding carboxylic acids is 6. The fourth-order valence-electron chi connectivity index (χ4n) is 5.08. The molecule has 1 aliphatic rings. The van der Waals surface area contributed by atoms with Gasteiger partial charge < -0.3 is 33.9 Å². The van der Waals surface area contributed by atoms with Crippen LogP contribution in [-0.2, 0) is 52.5 Å². The minimum atomic E-state index is -1.70. The standard InChI is InChI=1S/C41H65N3O11/c1-37(2,3)33(47)51-22-26-28(52-34(48)38(4,5)6)29(53-35(49)39(7,8)9)31(54-32(26)55-36(50)40(10,11)12)44(23-45)27(30(46)42-41(13,14)15)24-18-20-25(21-19-24)43(16)17/h18-21,23,26-29,31-32H,22H2,1-17H3,(H,42,46). The molecule has 0 aliphatic carbocycles. The van der Waals surface area contributed by atoms with Gasteiger partial charge >= 0.3 is 23.9 Å². The van der Waals surface area contributed by atoms with Crippen LogP contribution >= 0.6 is 0 Å². The van der Waals surface area contributed by atoms with Gasteiger partial charge in [-0.3, -0.25) is 33.7 Å². The maximum absolute atomic E-state index is 14.3. The molecule has 0 saturated carbocycles. The fraction of sp³-hybridized carbons (Fsp3) is 0.707. The van der Waals surface area contributed by atoms with Crippen molar-refractivity contribution < 1.29 is 52.5 Å². The van der Waals surface area contributed by atoms with Crippen molar-refractivity contribution in [1.29, 1.82) is 0 Å². The van der Waals surface area contributed by atoms with Gasteiger partial charge in [-0.15, -0.1) is 0 Å². The van der Waals surface area contributed by atoms with Gasteiger partial charge in [-0.25, -0.2) is 0 Å². The lowest BCUT2D eigenvalue weighted by Crippen LogP contribution is -2.66. The molecule has 0 radical (unpaired) electrons.